The maximum absolute atomic E-state index is 11.8. The average Bonchev–Trinajstić information content (AvgIpc) is 2.15. The van der Waals surface area contributed by atoms with Crippen molar-refractivity contribution in [3.05, 3.63) is 0 Å². The fourth-order valence-electron chi connectivity index (χ4n) is 2.53. The first-order valence-corrected chi connectivity index (χ1v) is 6.44. The van der Waals surface area contributed by atoms with Crippen LogP contribution in [0.5, 0.6) is 0 Å². The monoisotopic (exact) mass is 241 g/mol. The standard InChI is InChI=1S/C13H23NO3/c1-10(9-12(16)17)8-11(15)14-13(2)6-4-3-5-7-13/h10H,3-9H2,1-2H3,(H,14,15)(H,16,17). The van der Waals surface area contributed by atoms with Crippen molar-refractivity contribution in [2.45, 2.75) is 64.3 Å². The van der Waals surface area contributed by atoms with E-state index in [0.717, 1.165) is 12.8 Å². The number of carboxylic acid groups (broad SMARTS) is 1. The summed E-state index contributed by atoms with van der Waals surface area (Å²) in [6.07, 6.45) is 6.02. The quantitative estimate of drug-likeness (QED) is 0.776. The van der Waals surface area contributed by atoms with Crippen LogP contribution in [0.25, 0.3) is 0 Å². The number of carbonyl (C=O) groups excluding carboxylic acids is 1. The van der Waals surface area contributed by atoms with Gasteiger partial charge in [0.2, 0.25) is 5.91 Å². The van der Waals surface area contributed by atoms with Crippen LogP contribution in [0, 0.1) is 5.92 Å². The van der Waals surface area contributed by atoms with Crippen LogP contribution in [0.1, 0.15) is 58.8 Å². The van der Waals surface area contributed by atoms with Gasteiger partial charge in [-0.05, 0) is 25.7 Å². The Morgan fingerprint density at radius 1 is 1.24 bits per heavy atom. The van der Waals surface area contributed by atoms with Crippen LogP contribution in [-0.4, -0.2) is 22.5 Å². The van der Waals surface area contributed by atoms with Crippen LogP contribution >= 0.6 is 0 Å². The molecule has 98 valence electrons. The van der Waals surface area contributed by atoms with Gasteiger partial charge in [0.1, 0.15) is 0 Å². The molecule has 0 saturated heterocycles. The number of nitrogens with one attached hydrogen (secondary N) is 1. The van der Waals surface area contributed by atoms with E-state index in [1.54, 1.807) is 6.92 Å². The molecule has 0 spiro atoms. The van der Waals surface area contributed by atoms with Gasteiger partial charge in [0.25, 0.3) is 0 Å². The van der Waals surface area contributed by atoms with Crippen molar-refractivity contribution < 1.29 is 14.7 Å². The number of rotatable bonds is 5. The minimum absolute atomic E-state index is 0.0110. The Hall–Kier alpha value is -1.06. The highest BCUT2D eigenvalue weighted by atomic mass is 16.4. The Kier molecular flexibility index (Phi) is 4.97. The predicted molar refractivity (Wildman–Crippen MR) is 65.7 cm³/mol. The highest BCUT2D eigenvalue weighted by Crippen LogP contribution is 2.27. The zero-order valence-electron chi connectivity index (χ0n) is 10.8. The summed E-state index contributed by atoms with van der Waals surface area (Å²) >= 11 is 0. The predicted octanol–water partition coefficient (Wildman–Crippen LogP) is 2.33. The molecule has 2 N–H and O–H groups in total. The second kappa shape index (κ2) is 6.03. The van der Waals surface area contributed by atoms with Crippen molar-refractivity contribution in [3.8, 4) is 0 Å². The van der Waals surface area contributed by atoms with E-state index in [4.69, 9.17) is 5.11 Å². The van der Waals surface area contributed by atoms with Crippen molar-refractivity contribution in [1.29, 1.82) is 0 Å². The first-order valence-electron chi connectivity index (χ1n) is 6.44. The third kappa shape index (κ3) is 5.20. The highest BCUT2D eigenvalue weighted by molar-refractivity contribution is 5.77. The fourth-order valence-corrected chi connectivity index (χ4v) is 2.53. The van der Waals surface area contributed by atoms with Gasteiger partial charge in [0, 0.05) is 18.4 Å². The number of hydrogen-bond donors (Lipinski definition) is 2. The second-order valence-corrected chi connectivity index (χ2v) is 5.58. The summed E-state index contributed by atoms with van der Waals surface area (Å²) < 4.78 is 0. The summed E-state index contributed by atoms with van der Waals surface area (Å²) in [6, 6.07) is 0. The molecule has 1 unspecified atom stereocenters. The van der Waals surface area contributed by atoms with Gasteiger partial charge in [-0.3, -0.25) is 9.59 Å². The molecule has 0 aliphatic heterocycles. The molecule has 0 aromatic rings. The third-order valence-electron chi connectivity index (χ3n) is 3.46. The Morgan fingerprint density at radius 2 is 1.82 bits per heavy atom. The molecule has 17 heavy (non-hydrogen) atoms. The molecule has 1 rings (SSSR count). The lowest BCUT2D eigenvalue weighted by atomic mass is 9.83. The van der Waals surface area contributed by atoms with E-state index < -0.39 is 5.97 Å². The van der Waals surface area contributed by atoms with Gasteiger partial charge in [-0.15, -0.1) is 0 Å². The van der Waals surface area contributed by atoms with Crippen LogP contribution in [0.15, 0.2) is 0 Å². The van der Waals surface area contributed by atoms with Gasteiger partial charge in [0.05, 0.1) is 0 Å². The molecular weight excluding hydrogens is 218 g/mol. The Bertz CT molecular complexity index is 282. The van der Waals surface area contributed by atoms with E-state index >= 15 is 0 Å². The summed E-state index contributed by atoms with van der Waals surface area (Å²) in [7, 11) is 0. The lowest BCUT2D eigenvalue weighted by Crippen LogP contribution is -2.47. The molecule has 1 atom stereocenters. The zero-order chi connectivity index (χ0) is 12.9. The molecule has 0 aromatic carbocycles. The summed E-state index contributed by atoms with van der Waals surface area (Å²) in [5.74, 6) is -0.947. The fraction of sp³-hybridized carbons (Fsp3) is 0.846. The molecule has 1 saturated carbocycles. The first-order chi connectivity index (χ1) is 7.91. The highest BCUT2D eigenvalue weighted by Gasteiger charge is 2.28. The summed E-state index contributed by atoms with van der Waals surface area (Å²) in [5, 5.41) is 11.7. The van der Waals surface area contributed by atoms with Crippen LogP contribution in [0.3, 0.4) is 0 Å². The van der Waals surface area contributed by atoms with Crippen molar-refractivity contribution in [1.82, 2.24) is 5.32 Å². The minimum atomic E-state index is -0.839. The Balaban J connectivity index is 2.35. The third-order valence-corrected chi connectivity index (χ3v) is 3.46. The molecule has 4 nitrogen and oxygen atoms in total. The van der Waals surface area contributed by atoms with E-state index in [1.807, 2.05) is 0 Å². The van der Waals surface area contributed by atoms with Gasteiger partial charge in [-0.1, -0.05) is 26.2 Å². The lowest BCUT2D eigenvalue weighted by Gasteiger charge is -2.34. The number of hydrogen-bond acceptors (Lipinski definition) is 2. The average molecular weight is 241 g/mol. The maximum Gasteiger partial charge on any atom is 0.303 e. The number of carbonyl (C=O) groups is 2. The molecule has 1 fully saturated rings. The van der Waals surface area contributed by atoms with Gasteiger partial charge >= 0.3 is 5.97 Å². The lowest BCUT2D eigenvalue weighted by molar-refractivity contribution is -0.138. The molecular formula is C13H23NO3. The van der Waals surface area contributed by atoms with Crippen molar-refractivity contribution >= 4 is 11.9 Å². The number of aliphatic carboxylic acids is 1. The normalized spacial score (nSPS) is 20.6. The topological polar surface area (TPSA) is 66.4 Å². The minimum Gasteiger partial charge on any atom is -0.481 e. The van der Waals surface area contributed by atoms with Gasteiger partial charge in [-0.25, -0.2) is 0 Å². The van der Waals surface area contributed by atoms with Crippen molar-refractivity contribution in [3.63, 3.8) is 0 Å². The van der Waals surface area contributed by atoms with Crippen LogP contribution in [0.2, 0.25) is 0 Å². The van der Waals surface area contributed by atoms with E-state index in [2.05, 4.69) is 12.2 Å². The molecule has 0 heterocycles. The van der Waals surface area contributed by atoms with Crippen molar-refractivity contribution in [2.24, 2.45) is 5.92 Å². The Morgan fingerprint density at radius 3 is 2.35 bits per heavy atom. The smallest absolute Gasteiger partial charge is 0.303 e. The molecule has 1 amide bonds. The van der Waals surface area contributed by atoms with E-state index in [-0.39, 0.29) is 23.8 Å². The molecule has 0 radical (unpaired) electrons. The summed E-state index contributed by atoms with van der Waals surface area (Å²) in [5.41, 5.74) is -0.0712. The van der Waals surface area contributed by atoms with Crippen molar-refractivity contribution in [2.75, 3.05) is 0 Å². The van der Waals surface area contributed by atoms with Gasteiger partial charge in [0.15, 0.2) is 0 Å². The van der Waals surface area contributed by atoms with E-state index in [1.165, 1.54) is 19.3 Å². The molecule has 1 aliphatic rings. The van der Waals surface area contributed by atoms with Gasteiger partial charge < -0.3 is 10.4 Å². The molecule has 4 heteroatoms. The number of carboxylic acids is 1. The Labute approximate surface area is 103 Å². The maximum atomic E-state index is 11.8. The molecule has 1 aliphatic carbocycles. The zero-order valence-corrected chi connectivity index (χ0v) is 10.8. The first kappa shape index (κ1) is 14.0. The van der Waals surface area contributed by atoms with Crippen LogP contribution in [-0.2, 0) is 9.59 Å². The van der Waals surface area contributed by atoms with E-state index in [9.17, 15) is 9.59 Å². The SMILES string of the molecule is CC(CC(=O)O)CC(=O)NC1(C)CCCCC1. The van der Waals surface area contributed by atoms with Crippen LogP contribution in [0.4, 0.5) is 0 Å². The molecule has 0 bridgehead atoms. The summed E-state index contributed by atoms with van der Waals surface area (Å²) in [4.78, 5) is 22.3. The molecule has 0 aromatic heterocycles. The van der Waals surface area contributed by atoms with Gasteiger partial charge in [-0.2, -0.15) is 0 Å². The largest absolute Gasteiger partial charge is 0.481 e. The summed E-state index contributed by atoms with van der Waals surface area (Å²) in [6.45, 7) is 3.89. The second-order valence-electron chi connectivity index (χ2n) is 5.58. The number of amides is 1. The van der Waals surface area contributed by atoms with Crippen LogP contribution < -0.4 is 5.32 Å². The van der Waals surface area contributed by atoms with E-state index in [0.29, 0.717) is 6.42 Å².